The Bertz CT molecular complexity index is 645. The number of hydrogen-bond acceptors (Lipinski definition) is 4. The number of H-pyrrole nitrogens is 1. The number of fused-ring (bicyclic) bond motifs is 1. The minimum Gasteiger partial charge on any atom is -0.465 e. The minimum absolute atomic E-state index is 0.106. The van der Waals surface area contributed by atoms with E-state index in [-0.39, 0.29) is 17.4 Å². The number of carbonyl (C=O) groups excluding carboxylic acids is 1. The highest BCUT2D eigenvalue weighted by molar-refractivity contribution is 5.97. The number of nitrogens with one attached hydrogen (secondary N) is 1. The maximum atomic E-state index is 11.6. The SMILES string of the molecule is COC(=O)c1cc2[nH]cc(CC[N+](=O)[O-])c2cc1C. The van der Waals surface area contributed by atoms with E-state index in [9.17, 15) is 14.9 Å². The summed E-state index contributed by atoms with van der Waals surface area (Å²) in [6.07, 6.45) is 2.11. The van der Waals surface area contributed by atoms with Crippen molar-refractivity contribution in [2.45, 2.75) is 13.3 Å². The van der Waals surface area contributed by atoms with Gasteiger partial charge in [0.05, 0.1) is 12.7 Å². The predicted molar refractivity (Wildman–Crippen MR) is 69.9 cm³/mol. The zero-order valence-corrected chi connectivity index (χ0v) is 10.7. The maximum Gasteiger partial charge on any atom is 0.338 e. The molecular weight excluding hydrogens is 248 g/mol. The van der Waals surface area contributed by atoms with Crippen molar-refractivity contribution in [1.29, 1.82) is 0 Å². The number of esters is 1. The molecule has 0 amide bonds. The summed E-state index contributed by atoms with van der Waals surface area (Å²) in [5, 5.41) is 11.3. The van der Waals surface area contributed by atoms with Gasteiger partial charge in [0.2, 0.25) is 6.54 Å². The molecule has 1 aromatic heterocycles. The molecule has 2 rings (SSSR count). The van der Waals surface area contributed by atoms with E-state index in [1.54, 1.807) is 12.3 Å². The van der Waals surface area contributed by atoms with Gasteiger partial charge in [-0.05, 0) is 30.2 Å². The highest BCUT2D eigenvalue weighted by atomic mass is 16.6. The highest BCUT2D eigenvalue weighted by Gasteiger charge is 2.13. The van der Waals surface area contributed by atoms with Gasteiger partial charge < -0.3 is 9.72 Å². The van der Waals surface area contributed by atoms with Crippen molar-refractivity contribution in [2.24, 2.45) is 0 Å². The summed E-state index contributed by atoms with van der Waals surface area (Å²) in [7, 11) is 1.34. The van der Waals surface area contributed by atoms with E-state index >= 15 is 0 Å². The molecule has 1 heterocycles. The standard InChI is InChI=1S/C13H14N2O4/c1-8-5-11-9(3-4-15(17)18)7-14-12(11)6-10(8)13(16)19-2/h5-7,14H,3-4H2,1-2H3. The van der Waals surface area contributed by atoms with E-state index < -0.39 is 0 Å². The molecule has 6 heteroatoms. The lowest BCUT2D eigenvalue weighted by Crippen LogP contribution is -2.04. The van der Waals surface area contributed by atoms with Crippen LogP contribution in [0.25, 0.3) is 10.9 Å². The Morgan fingerprint density at radius 3 is 2.84 bits per heavy atom. The number of benzene rings is 1. The Morgan fingerprint density at radius 2 is 2.21 bits per heavy atom. The van der Waals surface area contributed by atoms with Crippen LogP contribution < -0.4 is 0 Å². The van der Waals surface area contributed by atoms with Crippen LogP contribution in [0.5, 0.6) is 0 Å². The molecule has 0 saturated carbocycles. The second-order valence-electron chi connectivity index (χ2n) is 4.32. The molecular formula is C13H14N2O4. The molecule has 19 heavy (non-hydrogen) atoms. The lowest BCUT2D eigenvalue weighted by atomic mass is 10.0. The Balaban J connectivity index is 2.42. The molecule has 0 aliphatic rings. The van der Waals surface area contributed by atoms with Crippen molar-refractivity contribution in [3.05, 3.63) is 45.1 Å². The zero-order valence-electron chi connectivity index (χ0n) is 10.7. The van der Waals surface area contributed by atoms with E-state index in [4.69, 9.17) is 4.74 Å². The van der Waals surface area contributed by atoms with Crippen molar-refractivity contribution in [3.63, 3.8) is 0 Å². The summed E-state index contributed by atoms with van der Waals surface area (Å²) in [6, 6.07) is 3.57. The van der Waals surface area contributed by atoms with E-state index in [1.165, 1.54) is 7.11 Å². The van der Waals surface area contributed by atoms with Gasteiger partial charge in [0.1, 0.15) is 0 Å². The van der Waals surface area contributed by atoms with Crippen molar-refractivity contribution in [2.75, 3.05) is 13.7 Å². The van der Waals surface area contributed by atoms with Crippen molar-refractivity contribution in [3.8, 4) is 0 Å². The third-order valence-corrected chi connectivity index (χ3v) is 3.08. The zero-order chi connectivity index (χ0) is 14.0. The number of aromatic amines is 1. The molecule has 0 radical (unpaired) electrons. The summed E-state index contributed by atoms with van der Waals surface area (Å²) >= 11 is 0. The smallest absolute Gasteiger partial charge is 0.338 e. The molecule has 0 saturated heterocycles. The summed E-state index contributed by atoms with van der Waals surface area (Å²) in [5.41, 5.74) is 2.95. The first-order valence-corrected chi connectivity index (χ1v) is 5.83. The fourth-order valence-electron chi connectivity index (χ4n) is 2.08. The quantitative estimate of drug-likeness (QED) is 0.519. The molecule has 1 aromatic carbocycles. The van der Waals surface area contributed by atoms with Gasteiger partial charge in [-0.25, -0.2) is 4.79 Å². The molecule has 0 atom stereocenters. The number of methoxy groups -OCH3 is 1. The van der Waals surface area contributed by atoms with Crippen LogP contribution in [0.2, 0.25) is 0 Å². The summed E-state index contributed by atoms with van der Waals surface area (Å²) < 4.78 is 4.71. The predicted octanol–water partition coefficient (Wildman–Crippen LogP) is 2.08. The molecule has 100 valence electrons. The second-order valence-corrected chi connectivity index (χ2v) is 4.32. The van der Waals surface area contributed by atoms with Gasteiger partial charge in [-0.15, -0.1) is 0 Å². The lowest BCUT2D eigenvalue weighted by Gasteiger charge is -2.04. The third-order valence-electron chi connectivity index (χ3n) is 3.08. The largest absolute Gasteiger partial charge is 0.465 e. The molecule has 0 fully saturated rings. The van der Waals surface area contributed by atoms with Gasteiger partial charge in [0, 0.05) is 28.4 Å². The number of aryl methyl sites for hydroxylation is 1. The van der Waals surface area contributed by atoms with Gasteiger partial charge in [-0.3, -0.25) is 10.1 Å². The Hall–Kier alpha value is -2.37. The number of carbonyl (C=O) groups is 1. The highest BCUT2D eigenvalue weighted by Crippen LogP contribution is 2.23. The van der Waals surface area contributed by atoms with E-state index in [1.807, 2.05) is 13.0 Å². The first-order valence-electron chi connectivity index (χ1n) is 5.83. The molecule has 2 aromatic rings. The van der Waals surface area contributed by atoms with Gasteiger partial charge >= 0.3 is 5.97 Å². The van der Waals surface area contributed by atoms with Crippen LogP contribution in [-0.4, -0.2) is 29.5 Å². The number of nitro groups is 1. The van der Waals surface area contributed by atoms with Gasteiger partial charge in [-0.2, -0.15) is 0 Å². The number of aromatic nitrogens is 1. The second kappa shape index (κ2) is 5.09. The van der Waals surface area contributed by atoms with Gasteiger partial charge in [0.15, 0.2) is 0 Å². The summed E-state index contributed by atoms with van der Waals surface area (Å²) in [5.74, 6) is -0.388. The number of rotatable bonds is 4. The van der Waals surface area contributed by atoms with Crippen LogP contribution in [0.3, 0.4) is 0 Å². The number of ether oxygens (including phenoxy) is 1. The topological polar surface area (TPSA) is 85.2 Å². The molecule has 1 N–H and O–H groups in total. The molecule has 0 bridgehead atoms. The molecule has 0 spiro atoms. The fourth-order valence-corrected chi connectivity index (χ4v) is 2.08. The maximum absolute atomic E-state index is 11.6. The normalized spacial score (nSPS) is 10.6. The van der Waals surface area contributed by atoms with E-state index in [0.29, 0.717) is 12.0 Å². The van der Waals surface area contributed by atoms with Crippen LogP contribution in [0.4, 0.5) is 0 Å². The monoisotopic (exact) mass is 262 g/mol. The van der Waals surface area contributed by atoms with Crippen molar-refractivity contribution < 1.29 is 14.5 Å². The number of hydrogen-bond donors (Lipinski definition) is 1. The lowest BCUT2D eigenvalue weighted by molar-refractivity contribution is -0.479. The van der Waals surface area contributed by atoms with Crippen LogP contribution in [0.1, 0.15) is 21.5 Å². The van der Waals surface area contributed by atoms with Crippen molar-refractivity contribution >= 4 is 16.9 Å². The van der Waals surface area contributed by atoms with Crippen LogP contribution >= 0.6 is 0 Å². The van der Waals surface area contributed by atoms with Crippen LogP contribution in [-0.2, 0) is 11.2 Å². The number of nitrogens with zero attached hydrogens (tertiary/aromatic N) is 1. The van der Waals surface area contributed by atoms with Gasteiger partial charge in [0.25, 0.3) is 0 Å². The van der Waals surface area contributed by atoms with E-state index in [0.717, 1.165) is 22.0 Å². The van der Waals surface area contributed by atoms with E-state index in [2.05, 4.69) is 4.98 Å². The average molecular weight is 262 g/mol. The van der Waals surface area contributed by atoms with Crippen LogP contribution in [0, 0.1) is 17.0 Å². The first kappa shape index (κ1) is 13.1. The van der Waals surface area contributed by atoms with Crippen molar-refractivity contribution in [1.82, 2.24) is 4.98 Å². The average Bonchev–Trinajstić information content (AvgIpc) is 2.76. The third kappa shape index (κ3) is 2.57. The summed E-state index contributed by atoms with van der Waals surface area (Å²) in [6.45, 7) is 1.71. The first-order chi connectivity index (χ1) is 9.02. The molecule has 0 aliphatic heterocycles. The molecule has 0 unspecified atom stereocenters. The molecule has 0 aliphatic carbocycles. The Labute approximate surface area is 109 Å². The Kier molecular flexibility index (Phi) is 3.50. The fraction of sp³-hybridized carbons (Fsp3) is 0.308. The summed E-state index contributed by atoms with van der Waals surface area (Å²) in [4.78, 5) is 24.7. The minimum atomic E-state index is -0.388. The van der Waals surface area contributed by atoms with Gasteiger partial charge in [-0.1, -0.05) is 0 Å². The van der Waals surface area contributed by atoms with Crippen LogP contribution in [0.15, 0.2) is 18.3 Å². The molecule has 6 nitrogen and oxygen atoms in total. The Morgan fingerprint density at radius 1 is 1.47 bits per heavy atom.